The maximum absolute atomic E-state index is 10.4. The number of carbonyl (C=O) groups is 2. The number of rotatable bonds is 2. The average Bonchev–Trinajstić information content (AvgIpc) is 2.38. The van der Waals surface area contributed by atoms with Gasteiger partial charge in [0.1, 0.15) is 0 Å². The van der Waals surface area contributed by atoms with Crippen LogP contribution in [-0.2, 0) is 17.1 Å². The molecule has 0 atom stereocenters. The van der Waals surface area contributed by atoms with Gasteiger partial charge in [0, 0.05) is 11.1 Å². The minimum Gasteiger partial charge on any atom is -0.545 e. The van der Waals surface area contributed by atoms with E-state index in [0.717, 1.165) is 0 Å². The van der Waals surface area contributed by atoms with Crippen molar-refractivity contribution in [2.24, 2.45) is 0 Å². The molecule has 0 saturated heterocycles. The molecule has 23 heavy (non-hydrogen) atoms. The van der Waals surface area contributed by atoms with Crippen molar-refractivity contribution in [1.82, 2.24) is 0 Å². The van der Waals surface area contributed by atoms with Gasteiger partial charge in [-0.05, 0) is 24.3 Å². The second-order valence-corrected chi connectivity index (χ2v) is 5.40. The van der Waals surface area contributed by atoms with E-state index >= 15 is 0 Å². The second-order valence-electron chi connectivity index (χ2n) is 3.77. The number of carboxylic acids is 2. The van der Waals surface area contributed by atoms with Crippen LogP contribution in [0.5, 0.6) is 0 Å². The van der Waals surface area contributed by atoms with Gasteiger partial charge < -0.3 is 19.8 Å². The quantitative estimate of drug-likeness (QED) is 0.669. The van der Waals surface area contributed by atoms with E-state index in [9.17, 15) is 19.8 Å². The Hall–Kier alpha value is -0.941. The van der Waals surface area contributed by atoms with Gasteiger partial charge in [-0.1, -0.05) is 58.5 Å². The summed E-state index contributed by atoms with van der Waals surface area (Å²) in [7, 11) is 0. The first-order valence-corrected chi connectivity index (χ1v) is 7.07. The third-order valence-electron chi connectivity index (χ3n) is 2.33. The van der Waals surface area contributed by atoms with Crippen molar-refractivity contribution in [2.45, 2.75) is 0 Å². The first-order chi connectivity index (χ1) is 10.3. The molecule has 4 nitrogen and oxygen atoms in total. The van der Waals surface area contributed by atoms with Crippen molar-refractivity contribution in [2.75, 3.05) is 0 Å². The summed E-state index contributed by atoms with van der Waals surface area (Å²) in [4.78, 5) is 20.7. The zero-order valence-electron chi connectivity index (χ0n) is 10.9. The Balaban J connectivity index is 0.000000403. The van der Waals surface area contributed by atoms with Crippen LogP contribution in [0.2, 0.25) is 20.1 Å². The van der Waals surface area contributed by atoms with Crippen molar-refractivity contribution < 1.29 is 36.9 Å². The maximum atomic E-state index is 10.4. The number of carboxylic acid groups (broad SMARTS) is 2. The monoisotopic (exact) mass is 441 g/mol. The van der Waals surface area contributed by atoms with E-state index in [0.29, 0.717) is 0 Å². The second kappa shape index (κ2) is 10.0. The SMILES string of the molecule is O=C([O-])c1c(Cl)cccc1Cl.O=C([O-])c1c(Cl)cccc1Cl.[Cu+2]. The smallest absolute Gasteiger partial charge is 0.545 e. The van der Waals surface area contributed by atoms with Crippen molar-refractivity contribution in [1.29, 1.82) is 0 Å². The summed E-state index contributed by atoms with van der Waals surface area (Å²) in [5, 5.41) is 21.1. The number of hydrogen-bond acceptors (Lipinski definition) is 4. The Bertz CT molecular complexity index is 620. The van der Waals surface area contributed by atoms with Gasteiger partial charge in [-0.25, -0.2) is 0 Å². The summed E-state index contributed by atoms with van der Waals surface area (Å²) < 4.78 is 0. The average molecular weight is 444 g/mol. The molecule has 1 radical (unpaired) electrons. The van der Waals surface area contributed by atoms with Crippen LogP contribution in [0.1, 0.15) is 20.7 Å². The molecule has 125 valence electrons. The molecule has 0 aliphatic heterocycles. The first kappa shape index (κ1) is 22.1. The fourth-order valence-electron chi connectivity index (χ4n) is 1.39. The van der Waals surface area contributed by atoms with Crippen molar-refractivity contribution in [3.8, 4) is 0 Å². The van der Waals surface area contributed by atoms with Gasteiger partial charge in [0.15, 0.2) is 0 Å². The van der Waals surface area contributed by atoms with E-state index in [1.165, 1.54) is 24.3 Å². The van der Waals surface area contributed by atoms with E-state index in [2.05, 4.69) is 0 Å². The van der Waals surface area contributed by atoms with Gasteiger partial charge in [-0.15, -0.1) is 0 Å². The molecular formula is C14H6Cl4CuO4. The van der Waals surface area contributed by atoms with Crippen LogP contribution in [0.25, 0.3) is 0 Å². The number of hydrogen-bond donors (Lipinski definition) is 0. The zero-order chi connectivity index (χ0) is 16.9. The van der Waals surface area contributed by atoms with E-state index in [4.69, 9.17) is 46.4 Å². The van der Waals surface area contributed by atoms with Crippen molar-refractivity contribution in [3.63, 3.8) is 0 Å². The Morgan fingerprint density at radius 2 is 0.870 bits per heavy atom. The summed E-state index contributed by atoms with van der Waals surface area (Å²) in [5.74, 6) is -2.72. The van der Waals surface area contributed by atoms with Gasteiger partial charge >= 0.3 is 17.1 Å². The molecule has 2 aromatic rings. The van der Waals surface area contributed by atoms with E-state index in [1.807, 2.05) is 0 Å². The van der Waals surface area contributed by atoms with E-state index in [-0.39, 0.29) is 48.3 Å². The maximum Gasteiger partial charge on any atom is 2.00 e. The largest absolute Gasteiger partial charge is 2.00 e. The fraction of sp³-hybridized carbons (Fsp3) is 0. The topological polar surface area (TPSA) is 80.3 Å². The Kier molecular flexibility index (Phi) is 9.62. The molecule has 0 bridgehead atoms. The molecule has 0 aromatic heterocycles. The molecule has 0 heterocycles. The van der Waals surface area contributed by atoms with Crippen molar-refractivity contribution in [3.05, 3.63) is 67.6 Å². The Morgan fingerprint density at radius 1 is 0.652 bits per heavy atom. The molecule has 0 fully saturated rings. The van der Waals surface area contributed by atoms with Crippen molar-refractivity contribution >= 4 is 58.3 Å². The molecule has 0 spiro atoms. The molecule has 9 heteroatoms. The summed E-state index contributed by atoms with van der Waals surface area (Å²) in [6.07, 6.45) is 0. The predicted molar refractivity (Wildman–Crippen MR) is 81.6 cm³/mol. The fourth-order valence-corrected chi connectivity index (χ4v) is 2.49. The molecular weight excluding hydrogens is 438 g/mol. The molecule has 0 saturated carbocycles. The molecule has 2 aromatic carbocycles. The van der Waals surface area contributed by atoms with Crippen LogP contribution in [0, 0.1) is 0 Å². The van der Waals surface area contributed by atoms with Crippen LogP contribution in [0.3, 0.4) is 0 Å². The van der Waals surface area contributed by atoms with Gasteiger partial charge in [-0.3, -0.25) is 0 Å². The van der Waals surface area contributed by atoms with Crippen LogP contribution >= 0.6 is 46.4 Å². The van der Waals surface area contributed by atoms with Crippen LogP contribution < -0.4 is 10.2 Å². The molecule has 0 amide bonds. The summed E-state index contributed by atoms with van der Waals surface area (Å²) in [6.45, 7) is 0. The third kappa shape index (κ3) is 6.22. The van der Waals surface area contributed by atoms with Crippen LogP contribution in [0.4, 0.5) is 0 Å². The molecule has 0 aliphatic carbocycles. The number of benzene rings is 2. The molecule has 0 unspecified atom stereocenters. The van der Waals surface area contributed by atoms with E-state index < -0.39 is 11.9 Å². The van der Waals surface area contributed by atoms with Gasteiger partial charge in [-0.2, -0.15) is 0 Å². The number of carbonyl (C=O) groups excluding carboxylic acids is 2. The van der Waals surface area contributed by atoms with Gasteiger partial charge in [0.25, 0.3) is 0 Å². The van der Waals surface area contributed by atoms with Gasteiger partial charge in [0.05, 0.1) is 32.0 Å². The zero-order valence-corrected chi connectivity index (χ0v) is 14.9. The van der Waals surface area contributed by atoms with Gasteiger partial charge in [0.2, 0.25) is 0 Å². The summed E-state index contributed by atoms with van der Waals surface area (Å²) in [6, 6.07) is 8.91. The number of halogens is 4. The Morgan fingerprint density at radius 3 is 1.00 bits per heavy atom. The first-order valence-electron chi connectivity index (χ1n) is 5.56. The summed E-state index contributed by atoms with van der Waals surface area (Å²) in [5.41, 5.74) is -0.313. The predicted octanol–water partition coefficient (Wildman–Crippen LogP) is 2.71. The van der Waals surface area contributed by atoms with E-state index in [1.54, 1.807) is 12.1 Å². The Labute approximate surface area is 162 Å². The van der Waals surface area contributed by atoms with Crippen LogP contribution in [0.15, 0.2) is 36.4 Å². The third-order valence-corrected chi connectivity index (χ3v) is 3.59. The summed E-state index contributed by atoms with van der Waals surface area (Å²) >= 11 is 22.1. The number of aromatic carboxylic acids is 2. The standard InChI is InChI=1S/2C7H4Cl2O2.Cu/c2*8-4-2-1-3-5(9)6(4)7(10)11;/h2*1-3H,(H,10,11);/q;;+2/p-2. The minimum atomic E-state index is -1.36. The minimum absolute atomic E-state index is 0. The molecule has 2 rings (SSSR count). The van der Waals surface area contributed by atoms with Crippen LogP contribution in [-0.4, -0.2) is 11.9 Å². The normalized spacial score (nSPS) is 9.22. The molecule has 0 aliphatic rings. The molecule has 0 N–H and O–H groups in total.